The number of methoxy groups -OCH3 is 1. The van der Waals surface area contributed by atoms with Gasteiger partial charge in [0.15, 0.2) is 11.9 Å². The number of hydrogen-bond donors (Lipinski definition) is 2. The van der Waals surface area contributed by atoms with E-state index < -0.39 is 12.0 Å². The molecule has 0 spiro atoms. The fourth-order valence-corrected chi connectivity index (χ4v) is 7.57. The van der Waals surface area contributed by atoms with E-state index in [1.165, 1.54) is 12.3 Å². The molecule has 2 aromatic heterocycles. The molecular formula is C37H45ClFN8O5+. The molecule has 0 saturated carbocycles. The molecule has 4 heterocycles. The third kappa shape index (κ3) is 7.07. The maximum atomic E-state index is 15.8. The number of aromatic nitrogens is 4. The largest absolute Gasteiger partial charge is 0.387 e. The van der Waals surface area contributed by atoms with Crippen molar-refractivity contribution in [3.8, 4) is 22.4 Å². The number of ether oxygens (including phenoxy) is 1. The molecule has 2 fully saturated rings. The van der Waals surface area contributed by atoms with Gasteiger partial charge >= 0.3 is 0 Å². The molecule has 0 bridgehead atoms. The Morgan fingerprint density at radius 2 is 1.73 bits per heavy atom. The number of anilines is 1. The van der Waals surface area contributed by atoms with Crippen molar-refractivity contribution >= 4 is 35.0 Å². The number of halogens is 2. The molecule has 2 N–H and O–H groups in total. The van der Waals surface area contributed by atoms with Crippen LogP contribution >= 0.6 is 11.6 Å². The Kier molecular flexibility index (Phi) is 10.6. The van der Waals surface area contributed by atoms with Crippen molar-refractivity contribution in [2.24, 2.45) is 7.05 Å². The van der Waals surface area contributed by atoms with Crippen molar-refractivity contribution in [2.45, 2.75) is 39.0 Å². The fourth-order valence-electron chi connectivity index (χ4n) is 7.31. The van der Waals surface area contributed by atoms with Crippen LogP contribution in [0.2, 0.25) is 5.02 Å². The summed E-state index contributed by atoms with van der Waals surface area (Å²) in [6.07, 6.45) is 3.12. The molecule has 2 aromatic carbocycles. The summed E-state index contributed by atoms with van der Waals surface area (Å²) < 4.78 is 24.8. The van der Waals surface area contributed by atoms with Crippen LogP contribution in [0.15, 0.2) is 42.7 Å². The molecule has 52 heavy (non-hydrogen) atoms. The van der Waals surface area contributed by atoms with E-state index in [9.17, 15) is 19.5 Å². The highest BCUT2D eigenvalue weighted by Gasteiger charge is 2.46. The average Bonchev–Trinajstić information content (AvgIpc) is 3.76. The van der Waals surface area contributed by atoms with Crippen LogP contribution in [-0.4, -0.2) is 129 Å². The number of rotatable bonds is 9. The molecule has 4 aromatic rings. The summed E-state index contributed by atoms with van der Waals surface area (Å²) in [5.41, 5.74) is 4.18. The van der Waals surface area contributed by atoms with Crippen molar-refractivity contribution < 1.29 is 33.1 Å². The quantitative estimate of drug-likeness (QED) is 0.250. The van der Waals surface area contributed by atoms with Gasteiger partial charge in [-0.25, -0.2) is 9.37 Å². The average molecular weight is 736 g/mol. The number of piperazine rings is 1. The first-order valence-electron chi connectivity index (χ1n) is 17.2. The second-order valence-electron chi connectivity index (χ2n) is 14.1. The van der Waals surface area contributed by atoms with Crippen LogP contribution in [-0.2, 0) is 23.1 Å². The molecule has 2 aliphatic rings. The van der Waals surface area contributed by atoms with E-state index in [-0.39, 0.29) is 40.1 Å². The van der Waals surface area contributed by atoms with Gasteiger partial charge in [0.2, 0.25) is 0 Å². The standard InChI is InChI=1S/C37H44ClFN8O5/c1-22-26(9-10-27(33(22)39)29-19-41-46(23(29)2)15-16-52-6)31-20-40-34(43(31)3)35(49)42-24-7-8-28(30(38)17-24)36(50)44-11-13-45(14-12-44)37(51)32-18-25(48)21-47(32,4)5/h7-10,17,19-20,25,32,48H,11-16,18,21H2,1-6H3/p+1/t25-,32+/m1/s1. The number of amides is 3. The van der Waals surface area contributed by atoms with Gasteiger partial charge in [-0.3, -0.25) is 19.1 Å². The first-order chi connectivity index (χ1) is 24.7. The van der Waals surface area contributed by atoms with Gasteiger partial charge in [0, 0.05) is 74.8 Å². The zero-order valence-electron chi connectivity index (χ0n) is 30.3. The molecule has 15 heteroatoms. The summed E-state index contributed by atoms with van der Waals surface area (Å²) in [5.74, 6) is -1.05. The zero-order chi connectivity index (χ0) is 37.5. The Labute approximate surface area is 307 Å². The van der Waals surface area contributed by atoms with Crippen molar-refractivity contribution in [1.29, 1.82) is 0 Å². The lowest BCUT2D eigenvalue weighted by Gasteiger charge is -2.38. The van der Waals surface area contributed by atoms with E-state index in [4.69, 9.17) is 16.3 Å². The minimum absolute atomic E-state index is 0.000320. The topological polar surface area (TPSA) is 135 Å². The van der Waals surface area contributed by atoms with E-state index in [1.807, 2.05) is 27.1 Å². The van der Waals surface area contributed by atoms with Crippen molar-refractivity contribution in [1.82, 2.24) is 29.1 Å². The Morgan fingerprint density at radius 3 is 2.38 bits per heavy atom. The predicted molar refractivity (Wildman–Crippen MR) is 194 cm³/mol. The van der Waals surface area contributed by atoms with Gasteiger partial charge in [-0.2, -0.15) is 5.10 Å². The molecule has 13 nitrogen and oxygen atoms in total. The Morgan fingerprint density at radius 1 is 1.04 bits per heavy atom. The van der Waals surface area contributed by atoms with Crippen LogP contribution < -0.4 is 5.32 Å². The molecule has 6 rings (SSSR count). The monoisotopic (exact) mass is 735 g/mol. The number of hydrogen-bond acceptors (Lipinski definition) is 7. The van der Waals surface area contributed by atoms with E-state index in [1.54, 1.807) is 64.5 Å². The SMILES string of the molecule is COCCn1ncc(-c2ccc(-c3cnc(C(=O)Nc4ccc(C(=O)N5CCN(C(=O)[C@@H]6C[C@@H](O)C[N+]6(C)C)CC5)c(Cl)c4)n3C)c(C)c2F)c1C. The van der Waals surface area contributed by atoms with Crippen molar-refractivity contribution in [2.75, 3.05) is 65.9 Å². The summed E-state index contributed by atoms with van der Waals surface area (Å²) in [5, 5.41) is 17.5. The van der Waals surface area contributed by atoms with Gasteiger partial charge in [-0.1, -0.05) is 23.7 Å². The summed E-state index contributed by atoms with van der Waals surface area (Å²) >= 11 is 6.57. The van der Waals surface area contributed by atoms with Crippen molar-refractivity contribution in [3.05, 3.63) is 76.2 Å². The van der Waals surface area contributed by atoms with Crippen LogP contribution in [0, 0.1) is 19.7 Å². The minimum atomic E-state index is -0.505. The molecule has 2 atom stereocenters. The lowest BCUT2D eigenvalue weighted by molar-refractivity contribution is -0.894. The van der Waals surface area contributed by atoms with Crippen LogP contribution in [0.1, 0.15) is 38.7 Å². The van der Waals surface area contributed by atoms with E-state index in [0.717, 1.165) is 5.69 Å². The highest BCUT2D eigenvalue weighted by Crippen LogP contribution is 2.34. The second kappa shape index (κ2) is 14.8. The van der Waals surface area contributed by atoms with Gasteiger partial charge in [-0.15, -0.1) is 0 Å². The second-order valence-corrected chi connectivity index (χ2v) is 14.5. The third-order valence-electron chi connectivity index (χ3n) is 10.4. The zero-order valence-corrected chi connectivity index (χ0v) is 31.1. The molecule has 0 radical (unpaired) electrons. The summed E-state index contributed by atoms with van der Waals surface area (Å²) in [4.78, 5) is 47.8. The number of imidazole rings is 1. The lowest BCUT2D eigenvalue weighted by Crippen LogP contribution is -2.58. The first-order valence-corrected chi connectivity index (χ1v) is 17.6. The van der Waals surface area contributed by atoms with Gasteiger partial charge < -0.3 is 34.0 Å². The van der Waals surface area contributed by atoms with E-state index >= 15 is 4.39 Å². The molecular weight excluding hydrogens is 691 g/mol. The van der Waals surface area contributed by atoms with Crippen LogP contribution in [0.25, 0.3) is 22.4 Å². The molecule has 2 saturated heterocycles. The predicted octanol–water partition coefficient (Wildman–Crippen LogP) is 3.75. The van der Waals surface area contributed by atoms with Crippen LogP contribution in [0.3, 0.4) is 0 Å². The smallest absolute Gasteiger partial charge is 0.291 e. The number of aliphatic hydroxyl groups is 1. The van der Waals surface area contributed by atoms with Gasteiger partial charge in [0.25, 0.3) is 17.7 Å². The normalized spacial score (nSPS) is 18.6. The lowest BCUT2D eigenvalue weighted by atomic mass is 9.98. The number of carbonyl (C=O) groups is 3. The number of carbonyl (C=O) groups excluding carboxylic acids is 3. The van der Waals surface area contributed by atoms with Gasteiger partial charge in [-0.05, 0) is 37.6 Å². The number of nitrogens with zero attached hydrogens (tertiary/aromatic N) is 7. The molecule has 3 amide bonds. The maximum Gasteiger partial charge on any atom is 0.291 e. The van der Waals surface area contributed by atoms with Gasteiger partial charge in [0.1, 0.15) is 18.5 Å². The summed E-state index contributed by atoms with van der Waals surface area (Å²) in [6, 6.07) is 7.90. The third-order valence-corrected chi connectivity index (χ3v) is 10.7. The molecule has 0 aliphatic carbocycles. The summed E-state index contributed by atoms with van der Waals surface area (Å²) in [6.45, 7) is 6.67. The number of quaternary nitrogens is 1. The Bertz CT molecular complexity index is 2020. The van der Waals surface area contributed by atoms with E-state index in [2.05, 4.69) is 15.4 Å². The summed E-state index contributed by atoms with van der Waals surface area (Å²) in [7, 11) is 7.21. The number of likely N-dealkylation sites (N-methyl/N-ethyl adjacent to an activating group) is 1. The van der Waals surface area contributed by atoms with Gasteiger partial charge in [0.05, 0.1) is 55.9 Å². The molecule has 276 valence electrons. The highest BCUT2D eigenvalue weighted by molar-refractivity contribution is 6.34. The Hall–Kier alpha value is -4.63. The maximum absolute atomic E-state index is 15.8. The minimum Gasteiger partial charge on any atom is -0.387 e. The van der Waals surface area contributed by atoms with Crippen LogP contribution in [0.4, 0.5) is 10.1 Å². The Balaban J connectivity index is 1.10. The molecule has 2 aliphatic heterocycles. The van der Waals surface area contributed by atoms with Crippen LogP contribution in [0.5, 0.6) is 0 Å². The van der Waals surface area contributed by atoms with E-state index in [0.29, 0.717) is 90.4 Å². The number of benzene rings is 2. The number of aliphatic hydroxyl groups excluding tert-OH is 1. The number of nitrogens with one attached hydrogen (secondary N) is 1. The fraction of sp³-hybridized carbons (Fsp3) is 0.432. The first kappa shape index (κ1) is 37.1. The number of likely N-dealkylation sites (tertiary alicyclic amines) is 1. The molecule has 0 unspecified atom stereocenters. The highest BCUT2D eigenvalue weighted by atomic mass is 35.5. The van der Waals surface area contributed by atoms with Crippen molar-refractivity contribution in [3.63, 3.8) is 0 Å².